The molecule has 3 rings (SSSR count). The van der Waals surface area contributed by atoms with Crippen LogP contribution in [0.1, 0.15) is 52.7 Å². The third kappa shape index (κ3) is 4.48. The molecule has 0 spiro atoms. The normalized spacial score (nSPS) is 11.3. The number of pyridine rings is 1. The molecule has 0 aliphatic carbocycles. The highest BCUT2D eigenvalue weighted by molar-refractivity contribution is 6.08. The molecule has 0 radical (unpaired) electrons. The minimum absolute atomic E-state index is 0. The lowest BCUT2D eigenvalue weighted by Gasteiger charge is -2.09. The van der Waals surface area contributed by atoms with Crippen LogP contribution in [-0.4, -0.2) is 11.2 Å². The highest BCUT2D eigenvalue weighted by Gasteiger charge is 2.19. The van der Waals surface area contributed by atoms with Gasteiger partial charge >= 0.3 is 0 Å². The van der Waals surface area contributed by atoms with Crippen molar-refractivity contribution in [3.05, 3.63) is 36.2 Å². The second-order valence-corrected chi connectivity index (χ2v) is 7.72. The molecule has 27 heavy (non-hydrogen) atoms. The number of nitrogens with zero attached hydrogens (tertiary/aromatic N) is 2. The van der Waals surface area contributed by atoms with Gasteiger partial charge in [-0.1, -0.05) is 27.7 Å². The fourth-order valence-corrected chi connectivity index (χ4v) is 3.73. The summed E-state index contributed by atoms with van der Waals surface area (Å²) in [7, 11) is 0. The Bertz CT molecular complexity index is 898. The van der Waals surface area contributed by atoms with Gasteiger partial charge in [0.05, 0.1) is 12.1 Å². The zero-order valence-corrected chi connectivity index (χ0v) is 19.0. The Morgan fingerprint density at radius 1 is 1.07 bits per heavy atom. The first-order valence-electron chi connectivity index (χ1n) is 10.1. The van der Waals surface area contributed by atoms with Gasteiger partial charge in [0, 0.05) is 42.8 Å². The predicted molar refractivity (Wildman–Crippen MR) is 110 cm³/mol. The van der Waals surface area contributed by atoms with E-state index in [0.29, 0.717) is 0 Å². The van der Waals surface area contributed by atoms with E-state index in [1.54, 1.807) is 0 Å². The van der Waals surface area contributed by atoms with Gasteiger partial charge in [-0.2, -0.15) is 0 Å². The Morgan fingerprint density at radius 2 is 1.85 bits per heavy atom. The summed E-state index contributed by atoms with van der Waals surface area (Å²) in [5.74, 6) is 1.70. The molecule has 0 aliphatic heterocycles. The van der Waals surface area contributed by atoms with Crippen LogP contribution < -0.4 is 26.3 Å². The molecule has 148 valence electrons. The Balaban J connectivity index is 0.00000261. The molecule has 0 saturated carbocycles. The number of hydrogen-bond acceptors (Lipinski definition) is 1. The molecule has 0 atom stereocenters. The summed E-state index contributed by atoms with van der Waals surface area (Å²) in [6.45, 7) is 14.1. The third-order valence-electron chi connectivity index (χ3n) is 5.14. The minimum Gasteiger partial charge on any atom is -1.00 e. The number of aryl methyl sites for hydroxylation is 3. The second-order valence-electron chi connectivity index (χ2n) is 7.72. The molecule has 0 unspecified atom stereocenters. The van der Waals surface area contributed by atoms with Crippen molar-refractivity contribution in [2.45, 2.75) is 67.0 Å². The second kappa shape index (κ2) is 9.59. The fourth-order valence-electron chi connectivity index (χ4n) is 3.73. The van der Waals surface area contributed by atoms with Gasteiger partial charge < -0.3 is 26.3 Å². The average Bonchev–Trinajstić information content (AvgIpc) is 2.93. The number of halogens is 1. The van der Waals surface area contributed by atoms with Crippen molar-refractivity contribution >= 4 is 21.8 Å². The van der Waals surface area contributed by atoms with Crippen LogP contribution in [0, 0.1) is 12.8 Å². The molecule has 1 aromatic carbocycles. The largest absolute Gasteiger partial charge is 1.00 e. The van der Waals surface area contributed by atoms with Gasteiger partial charge in [-0.25, -0.2) is 4.57 Å². The molecular formula is C23H33BrN2O. The molecule has 0 N–H and O–H groups in total. The zero-order chi connectivity index (χ0) is 18.7. The Labute approximate surface area is 174 Å². The van der Waals surface area contributed by atoms with Crippen molar-refractivity contribution in [2.75, 3.05) is 6.61 Å². The maximum atomic E-state index is 5.89. The number of benzene rings is 1. The lowest BCUT2D eigenvalue weighted by molar-refractivity contribution is -0.702. The minimum atomic E-state index is 0. The van der Waals surface area contributed by atoms with Crippen molar-refractivity contribution in [1.82, 2.24) is 4.57 Å². The van der Waals surface area contributed by atoms with Crippen molar-refractivity contribution in [2.24, 2.45) is 5.92 Å². The van der Waals surface area contributed by atoms with Gasteiger partial charge in [-0.15, -0.1) is 0 Å². The standard InChI is InChI=1S/C23H33N2O.BrH/c1-6-12-25-22-16-19(26-15-7-2)8-9-20(22)21-11-14-24(13-10-17(3)4)18(5)23(21)25;/h8-9,11,14,16-17H,6-7,10,12-13,15H2,1-5H3;1H/q+1;/p-1. The van der Waals surface area contributed by atoms with Crippen LogP contribution in [0.15, 0.2) is 30.5 Å². The predicted octanol–water partition coefficient (Wildman–Crippen LogP) is 2.64. The summed E-state index contributed by atoms with van der Waals surface area (Å²) < 4.78 is 10.8. The number of rotatable bonds is 8. The third-order valence-corrected chi connectivity index (χ3v) is 5.14. The molecule has 0 amide bonds. The van der Waals surface area contributed by atoms with Crippen molar-refractivity contribution in [1.29, 1.82) is 0 Å². The van der Waals surface area contributed by atoms with Crippen LogP contribution in [0.4, 0.5) is 0 Å². The first-order valence-corrected chi connectivity index (χ1v) is 10.1. The van der Waals surface area contributed by atoms with Gasteiger partial charge in [-0.05, 0) is 30.9 Å². The zero-order valence-electron chi connectivity index (χ0n) is 17.4. The monoisotopic (exact) mass is 432 g/mol. The fraction of sp³-hybridized carbons (Fsp3) is 0.522. The molecule has 4 heteroatoms. The number of hydrogen-bond donors (Lipinski definition) is 0. The SMILES string of the molecule is CCCOc1ccc2c3cc[n+](CCC(C)C)c(C)c3n(CCC)c2c1.[Br-]. The average molecular weight is 433 g/mol. The van der Waals surface area contributed by atoms with Gasteiger partial charge in [0.2, 0.25) is 5.69 Å². The number of aromatic nitrogens is 2. The Hall–Kier alpha value is -1.55. The van der Waals surface area contributed by atoms with E-state index >= 15 is 0 Å². The van der Waals surface area contributed by atoms with Crippen LogP contribution in [0.3, 0.4) is 0 Å². The van der Waals surface area contributed by atoms with Crippen molar-refractivity contribution < 1.29 is 26.3 Å². The molecule has 0 saturated heterocycles. The maximum Gasteiger partial charge on any atom is 0.202 e. The molecule has 0 bridgehead atoms. The van der Waals surface area contributed by atoms with Crippen LogP contribution in [0.5, 0.6) is 5.75 Å². The van der Waals surface area contributed by atoms with Crippen LogP contribution in [-0.2, 0) is 13.1 Å². The maximum absolute atomic E-state index is 5.89. The molecule has 3 aromatic rings. The molecule has 0 aliphatic rings. The molecule has 2 heterocycles. The summed E-state index contributed by atoms with van der Waals surface area (Å²) in [6, 6.07) is 8.86. The summed E-state index contributed by atoms with van der Waals surface area (Å²) in [5, 5.41) is 2.69. The first-order chi connectivity index (χ1) is 12.6. The topological polar surface area (TPSA) is 18.0 Å². The van der Waals surface area contributed by atoms with E-state index in [1.807, 2.05) is 0 Å². The van der Waals surface area contributed by atoms with E-state index in [2.05, 4.69) is 74.2 Å². The van der Waals surface area contributed by atoms with Gasteiger partial charge in [0.1, 0.15) is 17.8 Å². The Morgan fingerprint density at radius 3 is 2.52 bits per heavy atom. The van der Waals surface area contributed by atoms with E-state index in [0.717, 1.165) is 44.2 Å². The van der Waals surface area contributed by atoms with Crippen LogP contribution in [0.25, 0.3) is 21.8 Å². The lowest BCUT2D eigenvalue weighted by Crippen LogP contribution is -3.00. The summed E-state index contributed by atoms with van der Waals surface area (Å²) in [4.78, 5) is 0. The first kappa shape index (κ1) is 21.7. The lowest BCUT2D eigenvalue weighted by atomic mass is 10.1. The quantitative estimate of drug-likeness (QED) is 0.500. The summed E-state index contributed by atoms with van der Waals surface area (Å²) in [5.41, 5.74) is 4.03. The van der Waals surface area contributed by atoms with Crippen molar-refractivity contribution in [3.8, 4) is 5.75 Å². The van der Waals surface area contributed by atoms with Crippen LogP contribution in [0.2, 0.25) is 0 Å². The highest BCUT2D eigenvalue weighted by Crippen LogP contribution is 2.32. The van der Waals surface area contributed by atoms with Crippen molar-refractivity contribution in [3.63, 3.8) is 0 Å². The number of ether oxygens (including phenoxy) is 1. The highest BCUT2D eigenvalue weighted by atomic mass is 79.9. The molecule has 0 fully saturated rings. The summed E-state index contributed by atoms with van der Waals surface area (Å²) in [6.07, 6.45) is 5.63. The van der Waals surface area contributed by atoms with E-state index in [-0.39, 0.29) is 17.0 Å². The number of fused-ring (bicyclic) bond motifs is 3. The van der Waals surface area contributed by atoms with Gasteiger partial charge in [-0.3, -0.25) is 0 Å². The van der Waals surface area contributed by atoms with Gasteiger partial charge in [0.15, 0.2) is 6.20 Å². The molecule has 3 nitrogen and oxygen atoms in total. The van der Waals surface area contributed by atoms with Gasteiger partial charge in [0.25, 0.3) is 0 Å². The smallest absolute Gasteiger partial charge is 0.202 e. The molecular weight excluding hydrogens is 400 g/mol. The van der Waals surface area contributed by atoms with E-state index in [1.165, 1.54) is 33.9 Å². The van der Waals surface area contributed by atoms with E-state index in [9.17, 15) is 0 Å². The summed E-state index contributed by atoms with van der Waals surface area (Å²) >= 11 is 0. The van der Waals surface area contributed by atoms with E-state index < -0.39 is 0 Å². The van der Waals surface area contributed by atoms with Crippen LogP contribution >= 0.6 is 0 Å². The Kier molecular flexibility index (Phi) is 7.72. The molecule has 2 aromatic heterocycles. The van der Waals surface area contributed by atoms with E-state index in [4.69, 9.17) is 4.74 Å².